The lowest BCUT2D eigenvalue weighted by molar-refractivity contribution is 1.17. The molecule has 5 heterocycles. The van der Waals surface area contributed by atoms with Crippen LogP contribution >= 0.6 is 0 Å². The van der Waals surface area contributed by atoms with Gasteiger partial charge in [0.25, 0.3) is 0 Å². The second kappa shape index (κ2) is 16.3. The van der Waals surface area contributed by atoms with E-state index in [-0.39, 0.29) is 0 Å². The highest BCUT2D eigenvalue weighted by Crippen LogP contribution is 2.34. The zero-order chi connectivity index (χ0) is 40.1. The van der Waals surface area contributed by atoms with E-state index in [1.165, 1.54) is 0 Å². The lowest BCUT2D eigenvalue weighted by atomic mass is 9.99. The van der Waals surface area contributed by atoms with E-state index in [1.807, 2.05) is 115 Å². The highest BCUT2D eigenvalue weighted by atomic mass is 14.9. The van der Waals surface area contributed by atoms with E-state index in [0.717, 1.165) is 78.7 Å². The van der Waals surface area contributed by atoms with Crippen LogP contribution in [0.2, 0.25) is 0 Å². The van der Waals surface area contributed by atoms with Crippen molar-refractivity contribution in [2.75, 3.05) is 0 Å². The van der Waals surface area contributed by atoms with Gasteiger partial charge in [0, 0.05) is 45.8 Å². The van der Waals surface area contributed by atoms with E-state index >= 15 is 0 Å². The smallest absolute Gasteiger partial charge is 0.160 e. The second-order valence-corrected chi connectivity index (χ2v) is 14.2. The summed E-state index contributed by atoms with van der Waals surface area (Å²) in [5.41, 5.74) is 14.0. The van der Waals surface area contributed by atoms with Crippen molar-refractivity contribution in [1.82, 2.24) is 34.9 Å². The van der Waals surface area contributed by atoms with Gasteiger partial charge < -0.3 is 0 Å². The fourth-order valence-electron chi connectivity index (χ4n) is 7.20. The summed E-state index contributed by atoms with van der Waals surface area (Å²) in [5.74, 6) is 1.23. The van der Waals surface area contributed by atoms with Crippen LogP contribution in [0, 0.1) is 0 Å². The Bertz CT molecular complexity index is 2770. The van der Waals surface area contributed by atoms with E-state index in [1.54, 1.807) is 12.4 Å². The third-order valence-electron chi connectivity index (χ3n) is 10.2. The first kappa shape index (κ1) is 36.1. The minimum absolute atomic E-state index is 0.597. The van der Waals surface area contributed by atoms with E-state index < -0.39 is 0 Å². The molecule has 0 saturated carbocycles. The summed E-state index contributed by atoms with van der Waals surface area (Å²) in [7, 11) is 0. The van der Waals surface area contributed by atoms with Gasteiger partial charge in [-0.1, -0.05) is 146 Å². The van der Waals surface area contributed by atoms with Gasteiger partial charge in [0.1, 0.15) is 0 Å². The van der Waals surface area contributed by atoms with Crippen LogP contribution in [0.25, 0.3) is 102 Å². The van der Waals surface area contributed by atoms with Crippen LogP contribution in [0.4, 0.5) is 0 Å². The lowest BCUT2D eigenvalue weighted by Gasteiger charge is -2.13. The number of pyridine rings is 3. The molecule has 10 aromatic rings. The van der Waals surface area contributed by atoms with E-state index in [2.05, 4.69) is 89.9 Å². The molecular formula is C53H35N7. The topological polar surface area (TPSA) is 90.2 Å². The number of aromatic nitrogens is 7. The summed E-state index contributed by atoms with van der Waals surface area (Å²) in [4.78, 5) is 35.0. The van der Waals surface area contributed by atoms with Gasteiger partial charge in [-0.3, -0.25) is 9.97 Å². The predicted molar refractivity (Wildman–Crippen MR) is 240 cm³/mol. The quantitative estimate of drug-likeness (QED) is 0.144. The van der Waals surface area contributed by atoms with Gasteiger partial charge in [-0.05, 0) is 65.7 Å². The Morgan fingerprint density at radius 2 is 0.600 bits per heavy atom. The number of nitrogens with zero attached hydrogens (tertiary/aromatic N) is 7. The zero-order valence-electron chi connectivity index (χ0n) is 32.3. The minimum Gasteiger partial charge on any atom is -0.255 e. The van der Waals surface area contributed by atoms with Crippen molar-refractivity contribution in [2.24, 2.45) is 0 Å². The van der Waals surface area contributed by atoms with Crippen molar-refractivity contribution in [3.8, 4) is 102 Å². The Balaban J connectivity index is 1.09. The fraction of sp³-hybridized carbons (Fsp3) is 0. The maximum Gasteiger partial charge on any atom is 0.160 e. The first-order valence-corrected chi connectivity index (χ1v) is 19.7. The maximum absolute atomic E-state index is 5.14. The highest BCUT2D eigenvalue weighted by Gasteiger charge is 2.16. The average Bonchev–Trinajstić information content (AvgIpc) is 3.35. The molecule has 0 aliphatic carbocycles. The van der Waals surface area contributed by atoms with Crippen LogP contribution in [-0.4, -0.2) is 34.9 Å². The zero-order valence-corrected chi connectivity index (χ0v) is 32.3. The van der Waals surface area contributed by atoms with Gasteiger partial charge in [0.05, 0.1) is 45.6 Å². The van der Waals surface area contributed by atoms with Gasteiger partial charge >= 0.3 is 0 Å². The van der Waals surface area contributed by atoms with Crippen molar-refractivity contribution in [2.45, 2.75) is 0 Å². The van der Waals surface area contributed by atoms with Crippen molar-refractivity contribution in [3.05, 3.63) is 213 Å². The Labute approximate surface area is 347 Å². The molecule has 0 spiro atoms. The molecule has 0 aliphatic rings. The summed E-state index contributed by atoms with van der Waals surface area (Å²) < 4.78 is 0. The predicted octanol–water partition coefficient (Wildman–Crippen LogP) is 12.5. The number of hydrogen-bond acceptors (Lipinski definition) is 7. The summed E-state index contributed by atoms with van der Waals surface area (Å²) in [5, 5.41) is 0. The Morgan fingerprint density at radius 1 is 0.200 bits per heavy atom. The van der Waals surface area contributed by atoms with Crippen molar-refractivity contribution < 1.29 is 0 Å². The van der Waals surface area contributed by atoms with Gasteiger partial charge in [0.15, 0.2) is 11.6 Å². The first-order chi connectivity index (χ1) is 29.7. The van der Waals surface area contributed by atoms with Gasteiger partial charge in [-0.25, -0.2) is 24.9 Å². The first-order valence-electron chi connectivity index (χ1n) is 19.7. The van der Waals surface area contributed by atoms with Crippen molar-refractivity contribution >= 4 is 0 Å². The molecule has 5 aromatic carbocycles. The molecule has 60 heavy (non-hydrogen) atoms. The second-order valence-electron chi connectivity index (χ2n) is 14.2. The minimum atomic E-state index is 0.597. The molecular weight excluding hydrogens is 735 g/mol. The Hall–Kier alpha value is -8.29. The third-order valence-corrected chi connectivity index (χ3v) is 10.2. The molecule has 0 atom stereocenters. The van der Waals surface area contributed by atoms with Crippen LogP contribution < -0.4 is 0 Å². The van der Waals surface area contributed by atoms with E-state index in [4.69, 9.17) is 29.9 Å². The van der Waals surface area contributed by atoms with Gasteiger partial charge in [-0.15, -0.1) is 0 Å². The normalized spacial score (nSPS) is 11.0. The number of benzene rings is 5. The monoisotopic (exact) mass is 769 g/mol. The largest absolute Gasteiger partial charge is 0.255 e. The van der Waals surface area contributed by atoms with Crippen LogP contribution in [-0.2, 0) is 0 Å². The maximum atomic E-state index is 5.14. The highest BCUT2D eigenvalue weighted by molar-refractivity contribution is 5.80. The van der Waals surface area contributed by atoms with E-state index in [0.29, 0.717) is 23.0 Å². The van der Waals surface area contributed by atoms with Crippen LogP contribution in [0.1, 0.15) is 0 Å². The van der Waals surface area contributed by atoms with E-state index in [9.17, 15) is 0 Å². The summed E-state index contributed by atoms with van der Waals surface area (Å²) in [6.07, 6.45) is 3.58. The number of hydrogen-bond donors (Lipinski definition) is 0. The molecule has 10 rings (SSSR count). The van der Waals surface area contributed by atoms with Crippen LogP contribution in [0.5, 0.6) is 0 Å². The van der Waals surface area contributed by atoms with Crippen LogP contribution in [0.15, 0.2) is 213 Å². The lowest BCUT2D eigenvalue weighted by Crippen LogP contribution is -1.98. The molecule has 282 valence electrons. The molecule has 0 fully saturated rings. The molecule has 0 aliphatic heterocycles. The number of rotatable bonds is 9. The molecule has 0 N–H and O–H groups in total. The van der Waals surface area contributed by atoms with Crippen molar-refractivity contribution in [1.29, 1.82) is 0 Å². The van der Waals surface area contributed by atoms with Crippen molar-refractivity contribution in [3.63, 3.8) is 0 Å². The summed E-state index contributed by atoms with van der Waals surface area (Å²) >= 11 is 0. The molecule has 0 amide bonds. The summed E-state index contributed by atoms with van der Waals surface area (Å²) in [6, 6.07) is 67.2. The molecule has 0 bridgehead atoms. The molecule has 0 radical (unpaired) electrons. The van der Waals surface area contributed by atoms with Gasteiger partial charge in [-0.2, -0.15) is 0 Å². The molecule has 0 unspecified atom stereocenters. The third kappa shape index (κ3) is 7.71. The van der Waals surface area contributed by atoms with Gasteiger partial charge in [0.2, 0.25) is 0 Å². The molecule has 5 aromatic heterocycles. The summed E-state index contributed by atoms with van der Waals surface area (Å²) in [6.45, 7) is 0. The molecule has 7 nitrogen and oxygen atoms in total. The Kier molecular flexibility index (Phi) is 9.79. The SMILES string of the molecule is c1ccc(-c2cc(-c3ccccc3)nc(-c3cccc(-c4cc(-c5ccccn5)nc(-c5cc(-c6nc(-c7ccccc7)cc(-c7ccccc7)n6)ccn5)c4)c3)n2)cc1. The molecule has 7 heteroatoms. The van der Waals surface area contributed by atoms with Crippen LogP contribution in [0.3, 0.4) is 0 Å². The standard InChI is InChI=1S/C53H35N7/c1-5-16-36(17-6-1)45-34-46(37-18-7-2-8-19-37)58-52(57-45)41-25-15-24-40(30-41)43-32-50(44-26-13-14-28-54-44)56-51(33-43)49-31-42(27-29-55-49)53-59-47(38-20-9-3-10-21-38)35-48(60-53)39-22-11-4-12-23-39/h1-35H. The Morgan fingerprint density at radius 3 is 1.08 bits per heavy atom. The molecule has 0 saturated heterocycles. The average molecular weight is 770 g/mol. The fourth-order valence-corrected chi connectivity index (χ4v) is 7.20.